The molecule has 1 aromatic carbocycles. The first-order valence-corrected chi connectivity index (χ1v) is 5.53. The summed E-state index contributed by atoms with van der Waals surface area (Å²) in [5, 5.41) is 0. The molecule has 0 unspecified atom stereocenters. The first-order valence-electron chi connectivity index (χ1n) is 5.53. The molecule has 0 saturated carbocycles. The van der Waals surface area contributed by atoms with Gasteiger partial charge in [-0.1, -0.05) is 29.8 Å². The van der Waals surface area contributed by atoms with E-state index in [2.05, 4.69) is 38.1 Å². The molecule has 1 aliphatic rings. The van der Waals surface area contributed by atoms with Crippen molar-refractivity contribution in [2.45, 2.75) is 39.5 Å². The molecular formula is C14H18. The topological polar surface area (TPSA) is 0 Å². The van der Waals surface area contributed by atoms with E-state index < -0.39 is 0 Å². The van der Waals surface area contributed by atoms with Crippen molar-refractivity contribution in [2.24, 2.45) is 0 Å². The molecule has 0 fully saturated rings. The Morgan fingerprint density at radius 2 is 1.93 bits per heavy atom. The highest BCUT2D eigenvalue weighted by Crippen LogP contribution is 2.25. The molecule has 0 atom stereocenters. The molecule has 0 radical (unpaired) electrons. The smallest absolute Gasteiger partial charge is 0.0222 e. The van der Waals surface area contributed by atoms with Crippen LogP contribution in [0.5, 0.6) is 0 Å². The lowest BCUT2D eigenvalue weighted by molar-refractivity contribution is 0.684. The van der Waals surface area contributed by atoms with Crippen molar-refractivity contribution in [3.63, 3.8) is 0 Å². The lowest BCUT2D eigenvalue weighted by atomic mass is 9.88. The summed E-state index contributed by atoms with van der Waals surface area (Å²) < 4.78 is 0. The molecule has 0 heteroatoms. The molecule has 0 nitrogen and oxygen atoms in total. The van der Waals surface area contributed by atoms with Crippen molar-refractivity contribution in [3.8, 4) is 0 Å². The van der Waals surface area contributed by atoms with Crippen LogP contribution in [0.15, 0.2) is 23.8 Å². The lowest BCUT2D eigenvalue weighted by Gasteiger charge is -2.17. The van der Waals surface area contributed by atoms with E-state index in [4.69, 9.17) is 0 Å². The Morgan fingerprint density at radius 3 is 2.71 bits per heavy atom. The molecule has 0 aromatic heterocycles. The normalized spacial score (nSPS) is 14.7. The molecule has 0 saturated heterocycles. The molecule has 0 bridgehead atoms. The van der Waals surface area contributed by atoms with E-state index in [0.717, 1.165) is 0 Å². The predicted octanol–water partition coefficient (Wildman–Crippen LogP) is 3.99. The van der Waals surface area contributed by atoms with Gasteiger partial charge in [-0.15, -0.1) is 0 Å². The van der Waals surface area contributed by atoms with Gasteiger partial charge in [0.2, 0.25) is 0 Å². The van der Waals surface area contributed by atoms with Crippen molar-refractivity contribution in [1.82, 2.24) is 0 Å². The van der Waals surface area contributed by atoms with Crippen LogP contribution in [-0.4, -0.2) is 0 Å². The number of benzene rings is 1. The first kappa shape index (κ1) is 9.51. The summed E-state index contributed by atoms with van der Waals surface area (Å²) in [7, 11) is 0. The fraction of sp³-hybridized carbons (Fsp3) is 0.429. The van der Waals surface area contributed by atoms with Crippen LogP contribution in [0.25, 0.3) is 6.08 Å². The number of aryl methyl sites for hydroxylation is 1. The Labute approximate surface area is 86.7 Å². The summed E-state index contributed by atoms with van der Waals surface area (Å²) in [6.45, 7) is 4.34. The Morgan fingerprint density at radius 1 is 1.14 bits per heavy atom. The van der Waals surface area contributed by atoms with Crippen molar-refractivity contribution in [1.29, 1.82) is 0 Å². The summed E-state index contributed by atoms with van der Waals surface area (Å²) in [6, 6.07) is 6.73. The average Bonchev–Trinajstić information content (AvgIpc) is 2.18. The third kappa shape index (κ3) is 1.89. The number of fused-ring (bicyclic) bond motifs is 1. The van der Waals surface area contributed by atoms with Crippen LogP contribution >= 0.6 is 0 Å². The molecule has 0 spiro atoms. The van der Waals surface area contributed by atoms with Gasteiger partial charge in [0.1, 0.15) is 0 Å². The number of hydrogen-bond donors (Lipinski definition) is 0. The van der Waals surface area contributed by atoms with E-state index in [9.17, 15) is 0 Å². The van der Waals surface area contributed by atoms with Crippen molar-refractivity contribution < 1.29 is 0 Å². The lowest BCUT2D eigenvalue weighted by Crippen LogP contribution is -2.04. The Bertz CT molecular complexity index is 354. The quantitative estimate of drug-likeness (QED) is 0.622. The van der Waals surface area contributed by atoms with E-state index in [0.29, 0.717) is 0 Å². The Balaban J connectivity index is 2.45. The minimum atomic E-state index is 1.27. The maximum absolute atomic E-state index is 2.31. The number of hydrogen-bond acceptors (Lipinski definition) is 0. The number of rotatable bonds is 1. The third-order valence-corrected chi connectivity index (χ3v) is 2.88. The molecule has 0 aliphatic heterocycles. The van der Waals surface area contributed by atoms with Gasteiger partial charge in [0, 0.05) is 0 Å². The van der Waals surface area contributed by atoms with Crippen molar-refractivity contribution in [2.75, 3.05) is 0 Å². The van der Waals surface area contributed by atoms with Crippen molar-refractivity contribution in [3.05, 3.63) is 40.5 Å². The highest BCUT2D eigenvalue weighted by molar-refractivity contribution is 5.58. The van der Waals surface area contributed by atoms with Gasteiger partial charge in [-0.2, -0.15) is 0 Å². The largest absolute Gasteiger partial charge is 0.0758 e. The number of allylic oxidation sites excluding steroid dienone is 1. The first-order chi connectivity index (χ1) is 6.77. The van der Waals surface area contributed by atoms with Gasteiger partial charge >= 0.3 is 0 Å². The predicted molar refractivity (Wildman–Crippen MR) is 62.4 cm³/mol. The van der Waals surface area contributed by atoms with Crippen LogP contribution in [0.3, 0.4) is 0 Å². The van der Waals surface area contributed by atoms with Crippen LogP contribution in [0.4, 0.5) is 0 Å². The summed E-state index contributed by atoms with van der Waals surface area (Å²) in [5.41, 5.74) is 6.01. The van der Waals surface area contributed by atoms with Gasteiger partial charge in [0.05, 0.1) is 0 Å². The van der Waals surface area contributed by atoms with Crippen LogP contribution in [-0.2, 0) is 12.8 Å². The van der Waals surface area contributed by atoms with Crippen LogP contribution < -0.4 is 0 Å². The van der Waals surface area contributed by atoms with Gasteiger partial charge in [-0.25, -0.2) is 0 Å². The second-order valence-corrected chi connectivity index (χ2v) is 4.41. The highest BCUT2D eigenvalue weighted by atomic mass is 14.2. The van der Waals surface area contributed by atoms with Gasteiger partial charge in [0.25, 0.3) is 0 Å². The molecule has 74 valence electrons. The molecule has 1 aromatic rings. The third-order valence-electron chi connectivity index (χ3n) is 2.88. The van der Waals surface area contributed by atoms with E-state index in [1.807, 2.05) is 0 Å². The van der Waals surface area contributed by atoms with E-state index >= 15 is 0 Å². The molecule has 0 N–H and O–H groups in total. The second kappa shape index (κ2) is 4.00. The molecule has 0 amide bonds. The average molecular weight is 186 g/mol. The maximum atomic E-state index is 2.31. The van der Waals surface area contributed by atoms with Crippen LogP contribution in [0.2, 0.25) is 0 Å². The minimum Gasteiger partial charge on any atom is -0.0758 e. The SMILES string of the molecule is CC(C)=Cc1cccc2c1CCCC2. The van der Waals surface area contributed by atoms with Gasteiger partial charge in [0.15, 0.2) is 0 Å². The van der Waals surface area contributed by atoms with Gasteiger partial charge in [-0.3, -0.25) is 0 Å². The second-order valence-electron chi connectivity index (χ2n) is 4.41. The van der Waals surface area contributed by atoms with E-state index in [1.54, 1.807) is 11.1 Å². The van der Waals surface area contributed by atoms with E-state index in [-0.39, 0.29) is 0 Å². The highest BCUT2D eigenvalue weighted by Gasteiger charge is 2.10. The monoisotopic (exact) mass is 186 g/mol. The van der Waals surface area contributed by atoms with Crippen molar-refractivity contribution >= 4 is 6.08 Å². The summed E-state index contributed by atoms with van der Waals surface area (Å²) in [5.74, 6) is 0. The molecule has 0 heterocycles. The standard InChI is InChI=1S/C14H18/c1-11(2)10-13-8-5-7-12-6-3-4-9-14(12)13/h5,7-8,10H,3-4,6,9H2,1-2H3. The Hall–Kier alpha value is -1.04. The molecular weight excluding hydrogens is 168 g/mol. The summed E-state index contributed by atoms with van der Waals surface area (Å²) >= 11 is 0. The maximum Gasteiger partial charge on any atom is -0.0222 e. The zero-order valence-electron chi connectivity index (χ0n) is 9.14. The molecule has 1 aliphatic carbocycles. The minimum absolute atomic E-state index is 1.27. The fourth-order valence-corrected chi connectivity index (χ4v) is 2.26. The van der Waals surface area contributed by atoms with Gasteiger partial charge < -0.3 is 0 Å². The summed E-state index contributed by atoms with van der Waals surface area (Å²) in [6.07, 6.45) is 7.59. The molecule has 2 rings (SSSR count). The summed E-state index contributed by atoms with van der Waals surface area (Å²) in [4.78, 5) is 0. The molecule has 14 heavy (non-hydrogen) atoms. The zero-order chi connectivity index (χ0) is 9.97. The van der Waals surface area contributed by atoms with Crippen LogP contribution in [0, 0.1) is 0 Å². The zero-order valence-corrected chi connectivity index (χ0v) is 9.14. The van der Waals surface area contributed by atoms with Crippen LogP contribution in [0.1, 0.15) is 43.4 Å². The van der Waals surface area contributed by atoms with E-state index in [1.165, 1.54) is 36.8 Å². The Kier molecular flexibility index (Phi) is 2.72. The van der Waals surface area contributed by atoms with Gasteiger partial charge in [-0.05, 0) is 56.2 Å². The fourth-order valence-electron chi connectivity index (χ4n) is 2.26.